The van der Waals surface area contributed by atoms with Gasteiger partial charge < -0.3 is 4.42 Å². The molecular weight excluding hydrogens is 366 g/mol. The maximum Gasteiger partial charge on any atom is 0.277 e. The second-order valence-corrected chi connectivity index (χ2v) is 7.07. The van der Waals surface area contributed by atoms with Crippen LogP contribution in [0, 0.1) is 30.9 Å². The molecule has 0 N–H and O–H groups in total. The van der Waals surface area contributed by atoms with Crippen molar-refractivity contribution >= 4 is 23.2 Å². The molecule has 0 radical (unpaired) electrons. The lowest BCUT2D eigenvalue weighted by molar-refractivity contribution is -0.385. The summed E-state index contributed by atoms with van der Waals surface area (Å²) < 4.78 is 5.61. The number of rotatable bonds is 6. The first-order chi connectivity index (χ1) is 12.8. The minimum Gasteiger partial charge on any atom is -0.411 e. The summed E-state index contributed by atoms with van der Waals surface area (Å²) in [7, 11) is 0. The number of nitro groups is 1. The van der Waals surface area contributed by atoms with Gasteiger partial charge in [0.05, 0.1) is 10.7 Å². The maximum absolute atomic E-state index is 12.3. The van der Waals surface area contributed by atoms with Crippen LogP contribution in [-0.4, -0.2) is 26.7 Å². The van der Waals surface area contributed by atoms with Crippen LogP contribution in [0.2, 0.25) is 0 Å². The Labute approximate surface area is 160 Å². The first kappa shape index (κ1) is 18.8. The third kappa shape index (κ3) is 4.22. The van der Waals surface area contributed by atoms with Gasteiger partial charge in [-0.25, -0.2) is 0 Å². The van der Waals surface area contributed by atoms with Crippen molar-refractivity contribution in [2.45, 2.75) is 26.0 Å². The molecule has 3 aromatic rings. The van der Waals surface area contributed by atoms with Crippen LogP contribution in [0.3, 0.4) is 0 Å². The van der Waals surface area contributed by atoms with Crippen LogP contribution in [-0.2, 0) is 0 Å². The van der Waals surface area contributed by atoms with E-state index in [4.69, 9.17) is 4.42 Å². The van der Waals surface area contributed by atoms with Crippen molar-refractivity contribution in [3.05, 3.63) is 68.8 Å². The Hall–Kier alpha value is -3.00. The number of Topliss-reactive ketones (excluding diaryl/α,β-unsaturated/α-hetero) is 1. The van der Waals surface area contributed by atoms with E-state index in [1.807, 2.05) is 32.0 Å². The fraction of sp³-hybridized carbons (Fsp3) is 0.211. The van der Waals surface area contributed by atoms with Gasteiger partial charge in [-0.3, -0.25) is 14.9 Å². The molecule has 27 heavy (non-hydrogen) atoms. The number of hydrogen-bond acceptors (Lipinski definition) is 7. The van der Waals surface area contributed by atoms with Crippen LogP contribution < -0.4 is 0 Å². The van der Waals surface area contributed by atoms with Gasteiger partial charge in [0, 0.05) is 22.8 Å². The van der Waals surface area contributed by atoms with Gasteiger partial charge in [-0.05, 0) is 44.0 Å². The molecule has 2 aromatic carbocycles. The fourth-order valence-electron chi connectivity index (χ4n) is 2.45. The SMILES string of the molecule is Cc1ccc(-c2nnc(SCC(=O)c3ccc(C)c([N+](=O)[O-])c3)o2)cc1C. The molecule has 0 saturated carbocycles. The zero-order valence-electron chi connectivity index (χ0n) is 15.1. The zero-order chi connectivity index (χ0) is 19.6. The lowest BCUT2D eigenvalue weighted by Gasteiger charge is -2.02. The predicted octanol–water partition coefficient (Wildman–Crippen LogP) is 4.55. The van der Waals surface area contributed by atoms with Crippen molar-refractivity contribution in [3.63, 3.8) is 0 Å². The number of nitrogens with zero attached hydrogens (tertiary/aromatic N) is 3. The third-order valence-electron chi connectivity index (χ3n) is 4.21. The van der Waals surface area contributed by atoms with E-state index in [1.54, 1.807) is 19.1 Å². The number of nitro benzene ring substituents is 1. The number of benzene rings is 2. The van der Waals surface area contributed by atoms with E-state index in [-0.39, 0.29) is 28.0 Å². The first-order valence-electron chi connectivity index (χ1n) is 8.17. The second-order valence-electron chi connectivity index (χ2n) is 6.14. The molecule has 0 bridgehead atoms. The fourth-order valence-corrected chi connectivity index (χ4v) is 3.11. The molecule has 1 aromatic heterocycles. The Kier molecular flexibility index (Phi) is 5.36. The monoisotopic (exact) mass is 383 g/mol. The van der Waals surface area contributed by atoms with Crippen LogP contribution in [0.4, 0.5) is 5.69 Å². The summed E-state index contributed by atoms with van der Waals surface area (Å²) in [5.41, 5.74) is 3.84. The number of aryl methyl sites for hydroxylation is 3. The van der Waals surface area contributed by atoms with E-state index in [2.05, 4.69) is 10.2 Å². The quantitative estimate of drug-likeness (QED) is 0.266. The van der Waals surface area contributed by atoms with Gasteiger partial charge in [0.2, 0.25) is 5.89 Å². The topological polar surface area (TPSA) is 99.1 Å². The second kappa shape index (κ2) is 7.71. The molecule has 0 amide bonds. The first-order valence-corrected chi connectivity index (χ1v) is 9.16. The highest BCUT2D eigenvalue weighted by Gasteiger charge is 2.17. The normalized spacial score (nSPS) is 10.8. The minimum atomic E-state index is -0.493. The summed E-state index contributed by atoms with van der Waals surface area (Å²) in [6, 6.07) is 10.3. The molecule has 0 atom stereocenters. The van der Waals surface area contributed by atoms with Crippen LogP contribution in [0.25, 0.3) is 11.5 Å². The average molecular weight is 383 g/mol. The Morgan fingerprint density at radius 2 is 1.81 bits per heavy atom. The van der Waals surface area contributed by atoms with Crippen molar-refractivity contribution < 1.29 is 14.1 Å². The Balaban J connectivity index is 1.69. The largest absolute Gasteiger partial charge is 0.411 e. The summed E-state index contributed by atoms with van der Waals surface area (Å²) in [6.07, 6.45) is 0. The Bertz CT molecular complexity index is 1030. The van der Waals surface area contributed by atoms with Crippen molar-refractivity contribution in [3.8, 4) is 11.5 Å². The van der Waals surface area contributed by atoms with E-state index in [1.165, 1.54) is 11.6 Å². The van der Waals surface area contributed by atoms with E-state index in [9.17, 15) is 14.9 Å². The number of hydrogen-bond donors (Lipinski definition) is 0. The molecule has 0 aliphatic rings. The summed E-state index contributed by atoms with van der Waals surface area (Å²) in [5.74, 6) is 0.197. The number of carbonyl (C=O) groups excluding carboxylic acids is 1. The number of aromatic nitrogens is 2. The molecule has 0 unspecified atom stereocenters. The maximum atomic E-state index is 12.3. The number of carbonyl (C=O) groups is 1. The predicted molar refractivity (Wildman–Crippen MR) is 102 cm³/mol. The highest BCUT2D eigenvalue weighted by Crippen LogP contribution is 2.26. The van der Waals surface area contributed by atoms with E-state index in [0.717, 1.165) is 22.9 Å². The summed E-state index contributed by atoms with van der Waals surface area (Å²) in [6.45, 7) is 5.66. The van der Waals surface area contributed by atoms with Gasteiger partial charge >= 0.3 is 0 Å². The standard InChI is InChI=1S/C19H17N3O4S/c1-11-4-7-15(8-13(11)3)18-20-21-19(26-18)27-10-17(23)14-6-5-12(2)16(9-14)22(24)25/h4-9H,10H2,1-3H3. The highest BCUT2D eigenvalue weighted by atomic mass is 32.2. The lowest BCUT2D eigenvalue weighted by atomic mass is 10.1. The molecule has 8 heteroatoms. The van der Waals surface area contributed by atoms with Crippen molar-refractivity contribution in [2.75, 3.05) is 5.75 Å². The van der Waals surface area contributed by atoms with Gasteiger partial charge in [0.25, 0.3) is 10.9 Å². The summed E-state index contributed by atoms with van der Waals surface area (Å²) in [5, 5.41) is 19.3. The van der Waals surface area contributed by atoms with Crippen LogP contribution >= 0.6 is 11.8 Å². The molecule has 1 heterocycles. The van der Waals surface area contributed by atoms with Crippen LogP contribution in [0.15, 0.2) is 46.0 Å². The number of ketones is 1. The highest BCUT2D eigenvalue weighted by molar-refractivity contribution is 7.99. The summed E-state index contributed by atoms with van der Waals surface area (Å²) in [4.78, 5) is 22.9. The molecular formula is C19H17N3O4S. The van der Waals surface area contributed by atoms with Crippen molar-refractivity contribution in [1.82, 2.24) is 10.2 Å². The van der Waals surface area contributed by atoms with E-state index >= 15 is 0 Å². The van der Waals surface area contributed by atoms with E-state index < -0.39 is 4.92 Å². The van der Waals surface area contributed by atoms with Gasteiger partial charge in [-0.1, -0.05) is 30.0 Å². The molecule has 0 spiro atoms. The smallest absolute Gasteiger partial charge is 0.277 e. The third-order valence-corrected chi connectivity index (χ3v) is 5.03. The molecule has 3 rings (SSSR count). The van der Waals surface area contributed by atoms with Crippen LogP contribution in [0.5, 0.6) is 0 Å². The average Bonchev–Trinajstić information content (AvgIpc) is 3.11. The molecule has 0 saturated heterocycles. The number of thioether (sulfide) groups is 1. The Morgan fingerprint density at radius 3 is 2.52 bits per heavy atom. The Morgan fingerprint density at radius 1 is 1.07 bits per heavy atom. The molecule has 7 nitrogen and oxygen atoms in total. The lowest BCUT2D eigenvalue weighted by Crippen LogP contribution is -2.04. The minimum absolute atomic E-state index is 0.0504. The van der Waals surface area contributed by atoms with Crippen molar-refractivity contribution in [1.29, 1.82) is 0 Å². The van der Waals surface area contributed by atoms with Gasteiger partial charge in [0.15, 0.2) is 5.78 Å². The van der Waals surface area contributed by atoms with E-state index in [0.29, 0.717) is 11.5 Å². The molecule has 0 aliphatic carbocycles. The van der Waals surface area contributed by atoms with Gasteiger partial charge in [-0.15, -0.1) is 10.2 Å². The molecule has 138 valence electrons. The van der Waals surface area contributed by atoms with Gasteiger partial charge in [0.1, 0.15) is 0 Å². The van der Waals surface area contributed by atoms with Crippen molar-refractivity contribution in [2.24, 2.45) is 0 Å². The zero-order valence-corrected chi connectivity index (χ0v) is 15.9. The molecule has 0 fully saturated rings. The van der Waals surface area contributed by atoms with Crippen LogP contribution in [0.1, 0.15) is 27.0 Å². The summed E-state index contributed by atoms with van der Waals surface area (Å²) >= 11 is 1.10. The van der Waals surface area contributed by atoms with Gasteiger partial charge in [-0.2, -0.15) is 0 Å². The molecule has 0 aliphatic heterocycles.